The van der Waals surface area contributed by atoms with Crippen LogP contribution in [0.1, 0.15) is 29.0 Å². The van der Waals surface area contributed by atoms with Crippen LogP contribution in [0, 0.1) is 12.7 Å². The third-order valence-electron chi connectivity index (χ3n) is 4.78. The summed E-state index contributed by atoms with van der Waals surface area (Å²) in [4.78, 5) is 2.15. The fraction of sp³-hybridized carbons (Fsp3) is 0.368. The summed E-state index contributed by atoms with van der Waals surface area (Å²) in [5.41, 5.74) is 1.60. The van der Waals surface area contributed by atoms with Gasteiger partial charge < -0.3 is 10.0 Å². The summed E-state index contributed by atoms with van der Waals surface area (Å²) in [6.45, 7) is 3.47. The first kappa shape index (κ1) is 15.2. The maximum absolute atomic E-state index is 14.3. The molecular weight excluding hydrogens is 277 g/mol. The molecule has 1 N–H and O–H groups in total. The summed E-state index contributed by atoms with van der Waals surface area (Å²) in [5.74, 6) is -0.511. The van der Waals surface area contributed by atoms with Crippen LogP contribution in [-0.2, 0) is 5.60 Å². The molecule has 2 unspecified atom stereocenters. The van der Waals surface area contributed by atoms with Crippen LogP contribution >= 0.6 is 0 Å². The molecule has 0 bridgehead atoms. The van der Waals surface area contributed by atoms with Crippen molar-refractivity contribution in [3.63, 3.8) is 0 Å². The first-order valence-electron chi connectivity index (χ1n) is 7.73. The van der Waals surface area contributed by atoms with E-state index in [1.165, 1.54) is 6.07 Å². The minimum absolute atomic E-state index is 0.242. The van der Waals surface area contributed by atoms with Crippen molar-refractivity contribution >= 4 is 0 Å². The Morgan fingerprint density at radius 1 is 1.14 bits per heavy atom. The van der Waals surface area contributed by atoms with Crippen LogP contribution in [0.5, 0.6) is 0 Å². The standard InChI is InChI=1S/C19H22FNO/c1-14-7-9-15(10-8-14)19(22)11-12-21(2)13-17(19)16-5-3-4-6-18(16)20/h3-10,17,22H,11-13H2,1-2H3. The van der Waals surface area contributed by atoms with E-state index in [4.69, 9.17) is 0 Å². The van der Waals surface area contributed by atoms with Gasteiger partial charge in [-0.15, -0.1) is 0 Å². The lowest BCUT2D eigenvalue weighted by molar-refractivity contribution is -0.0428. The van der Waals surface area contributed by atoms with Gasteiger partial charge >= 0.3 is 0 Å². The second-order valence-electron chi connectivity index (χ2n) is 6.38. The molecule has 0 aliphatic carbocycles. The molecule has 22 heavy (non-hydrogen) atoms. The van der Waals surface area contributed by atoms with Crippen molar-refractivity contribution in [3.8, 4) is 0 Å². The van der Waals surface area contributed by atoms with Crippen LogP contribution in [0.15, 0.2) is 48.5 Å². The smallest absolute Gasteiger partial charge is 0.126 e. The van der Waals surface area contributed by atoms with E-state index in [9.17, 15) is 9.50 Å². The normalized spacial score (nSPS) is 26.1. The number of piperidine rings is 1. The van der Waals surface area contributed by atoms with Gasteiger partial charge in [0.15, 0.2) is 0 Å². The number of likely N-dealkylation sites (N-methyl/N-ethyl adjacent to an activating group) is 1. The second-order valence-corrected chi connectivity index (χ2v) is 6.38. The maximum Gasteiger partial charge on any atom is 0.126 e. The van der Waals surface area contributed by atoms with E-state index in [0.717, 1.165) is 17.7 Å². The van der Waals surface area contributed by atoms with Gasteiger partial charge in [0.2, 0.25) is 0 Å². The Morgan fingerprint density at radius 2 is 1.82 bits per heavy atom. The molecule has 3 heteroatoms. The zero-order valence-corrected chi connectivity index (χ0v) is 13.1. The van der Waals surface area contributed by atoms with Gasteiger partial charge in [0.05, 0.1) is 5.60 Å². The minimum atomic E-state index is -1.03. The van der Waals surface area contributed by atoms with Crippen LogP contribution < -0.4 is 0 Å². The van der Waals surface area contributed by atoms with Crippen molar-refractivity contribution in [2.45, 2.75) is 24.9 Å². The summed E-state index contributed by atoms with van der Waals surface area (Å²) < 4.78 is 14.3. The van der Waals surface area contributed by atoms with Gasteiger partial charge in [0, 0.05) is 19.0 Å². The third-order valence-corrected chi connectivity index (χ3v) is 4.78. The average Bonchev–Trinajstić information content (AvgIpc) is 2.51. The molecule has 2 aromatic rings. The number of benzene rings is 2. The molecule has 0 radical (unpaired) electrons. The van der Waals surface area contributed by atoms with Crippen LogP contribution in [-0.4, -0.2) is 30.1 Å². The highest BCUT2D eigenvalue weighted by atomic mass is 19.1. The number of hydrogen-bond acceptors (Lipinski definition) is 2. The van der Waals surface area contributed by atoms with Crippen LogP contribution in [0.4, 0.5) is 4.39 Å². The summed E-state index contributed by atoms with van der Waals surface area (Å²) >= 11 is 0. The van der Waals surface area contributed by atoms with Gasteiger partial charge in [-0.2, -0.15) is 0 Å². The quantitative estimate of drug-likeness (QED) is 0.918. The van der Waals surface area contributed by atoms with Crippen LogP contribution in [0.2, 0.25) is 0 Å². The van der Waals surface area contributed by atoms with Crippen LogP contribution in [0.25, 0.3) is 0 Å². The molecule has 1 fully saturated rings. The highest BCUT2D eigenvalue weighted by Gasteiger charge is 2.43. The van der Waals surface area contributed by atoms with Crippen molar-refractivity contribution < 1.29 is 9.50 Å². The Bertz CT molecular complexity index is 655. The molecule has 2 atom stereocenters. The summed E-state index contributed by atoms with van der Waals surface area (Å²) in [5, 5.41) is 11.4. The van der Waals surface area contributed by atoms with Gasteiger partial charge in [-0.25, -0.2) is 4.39 Å². The van der Waals surface area contributed by atoms with Crippen molar-refractivity contribution in [1.82, 2.24) is 4.90 Å². The fourth-order valence-corrected chi connectivity index (χ4v) is 3.39. The second kappa shape index (κ2) is 5.82. The molecule has 0 spiro atoms. The number of nitrogens with zero attached hydrogens (tertiary/aromatic N) is 1. The minimum Gasteiger partial charge on any atom is -0.384 e. The number of rotatable bonds is 2. The molecule has 0 amide bonds. The van der Waals surface area contributed by atoms with E-state index in [2.05, 4.69) is 4.90 Å². The molecule has 2 aromatic carbocycles. The summed E-state index contributed by atoms with van der Waals surface area (Å²) in [7, 11) is 2.02. The lowest BCUT2D eigenvalue weighted by Gasteiger charge is -2.44. The molecule has 1 heterocycles. The van der Waals surface area contributed by atoms with Crippen molar-refractivity contribution in [1.29, 1.82) is 0 Å². The van der Waals surface area contributed by atoms with Gasteiger partial charge in [-0.3, -0.25) is 0 Å². The van der Waals surface area contributed by atoms with E-state index < -0.39 is 5.60 Å². The molecule has 1 saturated heterocycles. The predicted molar refractivity (Wildman–Crippen MR) is 86.3 cm³/mol. The number of aryl methyl sites for hydroxylation is 1. The number of hydrogen-bond donors (Lipinski definition) is 1. The van der Waals surface area contributed by atoms with Gasteiger partial charge in [0.1, 0.15) is 5.82 Å². The Labute approximate surface area is 131 Å². The van der Waals surface area contributed by atoms with E-state index in [0.29, 0.717) is 18.5 Å². The molecule has 1 aliphatic heterocycles. The zero-order valence-electron chi connectivity index (χ0n) is 13.1. The highest BCUT2D eigenvalue weighted by molar-refractivity contribution is 5.34. The largest absolute Gasteiger partial charge is 0.384 e. The summed E-state index contributed by atoms with van der Waals surface area (Å²) in [6, 6.07) is 14.7. The van der Waals surface area contributed by atoms with Crippen molar-refractivity contribution in [2.75, 3.05) is 20.1 Å². The first-order chi connectivity index (χ1) is 10.5. The summed E-state index contributed by atoms with van der Waals surface area (Å²) in [6.07, 6.45) is 0.603. The van der Waals surface area contributed by atoms with Gasteiger partial charge in [-0.05, 0) is 37.6 Å². The lowest BCUT2D eigenvalue weighted by Crippen LogP contribution is -2.47. The average molecular weight is 299 g/mol. The molecule has 0 aromatic heterocycles. The van der Waals surface area contributed by atoms with Gasteiger partial charge in [-0.1, -0.05) is 48.0 Å². The molecule has 3 rings (SSSR count). The molecule has 116 valence electrons. The predicted octanol–water partition coefficient (Wildman–Crippen LogP) is 3.44. The topological polar surface area (TPSA) is 23.5 Å². The monoisotopic (exact) mass is 299 g/mol. The van der Waals surface area contributed by atoms with E-state index in [1.807, 2.05) is 44.3 Å². The molecule has 1 aliphatic rings. The van der Waals surface area contributed by atoms with E-state index in [1.54, 1.807) is 12.1 Å². The van der Waals surface area contributed by atoms with Crippen molar-refractivity contribution in [3.05, 3.63) is 71.0 Å². The SMILES string of the molecule is Cc1ccc(C2(O)CCN(C)CC2c2ccccc2F)cc1. The van der Waals surface area contributed by atoms with E-state index in [-0.39, 0.29) is 11.7 Å². The molecular formula is C19H22FNO. The Kier molecular flexibility index (Phi) is 4.02. The van der Waals surface area contributed by atoms with Crippen molar-refractivity contribution in [2.24, 2.45) is 0 Å². The third kappa shape index (κ3) is 2.67. The molecule has 2 nitrogen and oxygen atoms in total. The van der Waals surface area contributed by atoms with Crippen LogP contribution in [0.3, 0.4) is 0 Å². The Morgan fingerprint density at radius 3 is 2.50 bits per heavy atom. The number of halogens is 1. The van der Waals surface area contributed by atoms with Gasteiger partial charge in [0.25, 0.3) is 0 Å². The fourth-order valence-electron chi connectivity index (χ4n) is 3.39. The van der Waals surface area contributed by atoms with E-state index >= 15 is 0 Å². The first-order valence-corrected chi connectivity index (χ1v) is 7.73. The zero-order chi connectivity index (χ0) is 15.7. The number of aliphatic hydroxyl groups is 1. The lowest BCUT2D eigenvalue weighted by atomic mass is 9.72. The maximum atomic E-state index is 14.3. The number of likely N-dealkylation sites (tertiary alicyclic amines) is 1. The highest BCUT2D eigenvalue weighted by Crippen LogP contribution is 2.43. The Balaban J connectivity index is 2.07. The molecule has 0 saturated carbocycles. The Hall–Kier alpha value is -1.71.